The number of halogens is 1. The summed E-state index contributed by atoms with van der Waals surface area (Å²) in [5, 5.41) is 8.71. The van der Waals surface area contributed by atoms with Crippen LogP contribution in [0.1, 0.15) is 11.9 Å². The molecule has 0 aliphatic carbocycles. The third-order valence-electron chi connectivity index (χ3n) is 0.745. The lowest BCUT2D eigenvalue weighted by Crippen LogP contribution is -1.74. The number of nitrogens with zero attached hydrogens (tertiary/aromatic N) is 2. The Morgan fingerprint density at radius 2 is 2.38 bits per heavy atom. The molecule has 0 amide bonds. The topological polar surface area (TPSA) is 25.8 Å². The summed E-state index contributed by atoms with van der Waals surface area (Å²) in [6.45, 7) is 2.06. The maximum atomic E-state index is 3.86. The van der Waals surface area contributed by atoms with Crippen molar-refractivity contribution in [2.75, 3.05) is 0 Å². The highest BCUT2D eigenvalue weighted by molar-refractivity contribution is 9.11. The van der Waals surface area contributed by atoms with Crippen LogP contribution >= 0.6 is 27.3 Å². The molecule has 0 fully saturated rings. The first-order chi connectivity index (χ1) is 3.83. The van der Waals surface area contributed by atoms with E-state index < -0.39 is 0 Å². The molecule has 1 aromatic heterocycles. The van der Waals surface area contributed by atoms with Crippen LogP contribution in [0.15, 0.2) is 3.92 Å². The number of rotatable bonds is 1. The van der Waals surface area contributed by atoms with Gasteiger partial charge < -0.3 is 0 Å². The summed E-state index contributed by atoms with van der Waals surface area (Å²) in [5.74, 6) is 0. The van der Waals surface area contributed by atoms with Gasteiger partial charge in [-0.3, -0.25) is 0 Å². The molecular weight excluding hydrogens is 188 g/mol. The molecule has 4 heteroatoms. The smallest absolute Gasteiger partial charge is 0.143 e. The Balaban J connectivity index is 2.84. The molecule has 0 atom stereocenters. The fraction of sp³-hybridized carbons (Fsp3) is 0.500. The molecule has 8 heavy (non-hydrogen) atoms. The predicted octanol–water partition coefficient (Wildman–Crippen LogP) is 1.86. The van der Waals surface area contributed by atoms with E-state index in [9.17, 15) is 0 Å². The Bertz CT molecular complexity index is 174. The van der Waals surface area contributed by atoms with Crippen LogP contribution < -0.4 is 0 Å². The molecule has 0 aromatic carbocycles. The average Bonchev–Trinajstić information content (AvgIpc) is 2.14. The molecule has 0 N–H and O–H groups in total. The van der Waals surface area contributed by atoms with Gasteiger partial charge in [-0.1, -0.05) is 18.3 Å². The van der Waals surface area contributed by atoms with E-state index in [0.717, 1.165) is 15.3 Å². The van der Waals surface area contributed by atoms with E-state index in [-0.39, 0.29) is 0 Å². The van der Waals surface area contributed by atoms with Gasteiger partial charge in [-0.15, -0.1) is 10.2 Å². The monoisotopic (exact) mass is 192 g/mol. The first-order valence-corrected chi connectivity index (χ1v) is 3.91. The zero-order chi connectivity index (χ0) is 5.98. The normalized spacial score (nSPS) is 9.75. The van der Waals surface area contributed by atoms with Crippen LogP contribution in [-0.4, -0.2) is 10.2 Å². The molecule has 0 bridgehead atoms. The molecule has 0 unspecified atom stereocenters. The van der Waals surface area contributed by atoms with Crippen molar-refractivity contribution >= 4 is 27.3 Å². The van der Waals surface area contributed by atoms with Crippen LogP contribution in [0.3, 0.4) is 0 Å². The SMILES string of the molecule is CCc1nnc(Br)s1. The molecule has 1 aromatic rings. The predicted molar refractivity (Wildman–Crippen MR) is 37.0 cm³/mol. The Morgan fingerprint density at radius 3 is 2.62 bits per heavy atom. The summed E-state index contributed by atoms with van der Waals surface area (Å²) >= 11 is 4.80. The van der Waals surface area contributed by atoms with Gasteiger partial charge in [-0.2, -0.15) is 0 Å². The van der Waals surface area contributed by atoms with E-state index in [1.807, 2.05) is 0 Å². The van der Waals surface area contributed by atoms with Crippen LogP contribution in [0.4, 0.5) is 0 Å². The molecular formula is C4H5BrN2S. The number of hydrogen-bond donors (Lipinski definition) is 0. The summed E-state index contributed by atoms with van der Waals surface area (Å²) in [5.41, 5.74) is 0. The quantitative estimate of drug-likeness (QED) is 0.680. The lowest BCUT2D eigenvalue weighted by Gasteiger charge is -1.75. The van der Waals surface area contributed by atoms with Crippen LogP contribution in [0.25, 0.3) is 0 Å². The van der Waals surface area contributed by atoms with Crippen molar-refractivity contribution < 1.29 is 0 Å². The molecule has 0 saturated carbocycles. The lowest BCUT2D eigenvalue weighted by atomic mass is 10.5. The van der Waals surface area contributed by atoms with E-state index in [4.69, 9.17) is 0 Å². The molecule has 0 aliphatic rings. The molecule has 0 spiro atoms. The first kappa shape index (κ1) is 6.16. The summed E-state index contributed by atoms with van der Waals surface area (Å²) in [6.07, 6.45) is 0.975. The van der Waals surface area contributed by atoms with Crippen LogP contribution in [-0.2, 0) is 6.42 Å². The van der Waals surface area contributed by atoms with Crippen molar-refractivity contribution in [2.24, 2.45) is 0 Å². The van der Waals surface area contributed by atoms with E-state index >= 15 is 0 Å². The minimum atomic E-state index is 0.870. The van der Waals surface area contributed by atoms with E-state index in [0.29, 0.717) is 0 Å². The maximum Gasteiger partial charge on any atom is 0.183 e. The number of hydrogen-bond acceptors (Lipinski definition) is 3. The fourth-order valence-corrected chi connectivity index (χ4v) is 1.52. The second-order valence-electron chi connectivity index (χ2n) is 1.30. The number of aryl methyl sites for hydroxylation is 1. The van der Waals surface area contributed by atoms with Gasteiger partial charge in [-0.05, 0) is 22.4 Å². The fourth-order valence-electron chi connectivity index (χ4n) is 0.376. The second-order valence-corrected chi connectivity index (χ2v) is 3.64. The number of aromatic nitrogens is 2. The summed E-state index contributed by atoms with van der Waals surface area (Å²) in [4.78, 5) is 0. The van der Waals surface area contributed by atoms with E-state index in [2.05, 4.69) is 33.1 Å². The maximum absolute atomic E-state index is 3.86. The Morgan fingerprint density at radius 1 is 1.62 bits per heavy atom. The van der Waals surface area contributed by atoms with Gasteiger partial charge in [0, 0.05) is 0 Å². The summed E-state index contributed by atoms with van der Waals surface area (Å²) in [6, 6.07) is 0. The van der Waals surface area contributed by atoms with Crippen LogP contribution in [0, 0.1) is 0 Å². The lowest BCUT2D eigenvalue weighted by molar-refractivity contribution is 0.975. The van der Waals surface area contributed by atoms with Gasteiger partial charge >= 0.3 is 0 Å². The van der Waals surface area contributed by atoms with Gasteiger partial charge in [0.05, 0.1) is 0 Å². The van der Waals surface area contributed by atoms with Gasteiger partial charge in [0.25, 0.3) is 0 Å². The minimum Gasteiger partial charge on any atom is -0.143 e. The van der Waals surface area contributed by atoms with Gasteiger partial charge in [0.1, 0.15) is 5.01 Å². The van der Waals surface area contributed by atoms with E-state index in [1.54, 1.807) is 11.3 Å². The minimum absolute atomic E-state index is 0.870. The summed E-state index contributed by atoms with van der Waals surface area (Å²) in [7, 11) is 0. The Labute approximate surface area is 60.1 Å². The highest BCUT2D eigenvalue weighted by Gasteiger charge is 1.95. The molecule has 0 radical (unpaired) electrons. The molecule has 1 rings (SSSR count). The average molecular weight is 193 g/mol. The highest BCUT2D eigenvalue weighted by Crippen LogP contribution is 2.15. The molecule has 0 saturated heterocycles. The first-order valence-electron chi connectivity index (χ1n) is 2.31. The standard InChI is InChI=1S/C4H5BrN2S/c1-2-3-6-7-4(5)8-3/h2H2,1H3. The zero-order valence-corrected chi connectivity index (χ0v) is 6.79. The molecule has 2 nitrogen and oxygen atoms in total. The van der Waals surface area contributed by atoms with Crippen molar-refractivity contribution in [2.45, 2.75) is 13.3 Å². The van der Waals surface area contributed by atoms with Crippen molar-refractivity contribution in [3.63, 3.8) is 0 Å². The van der Waals surface area contributed by atoms with Crippen LogP contribution in [0.2, 0.25) is 0 Å². The molecule has 44 valence electrons. The van der Waals surface area contributed by atoms with Crippen molar-refractivity contribution in [1.29, 1.82) is 0 Å². The Hall–Kier alpha value is 0.0400. The third-order valence-corrected chi connectivity index (χ3v) is 2.24. The van der Waals surface area contributed by atoms with Crippen molar-refractivity contribution in [3.05, 3.63) is 8.92 Å². The zero-order valence-electron chi connectivity index (χ0n) is 4.39. The van der Waals surface area contributed by atoms with Gasteiger partial charge in [0.15, 0.2) is 3.92 Å². The summed E-state index contributed by atoms with van der Waals surface area (Å²) < 4.78 is 0.870. The van der Waals surface area contributed by atoms with Crippen molar-refractivity contribution in [3.8, 4) is 0 Å². The molecule has 1 heterocycles. The van der Waals surface area contributed by atoms with Gasteiger partial charge in [0.2, 0.25) is 0 Å². The van der Waals surface area contributed by atoms with Crippen LogP contribution in [0.5, 0.6) is 0 Å². The highest BCUT2D eigenvalue weighted by atomic mass is 79.9. The largest absolute Gasteiger partial charge is 0.183 e. The molecule has 0 aliphatic heterocycles. The van der Waals surface area contributed by atoms with Crippen molar-refractivity contribution in [1.82, 2.24) is 10.2 Å². The van der Waals surface area contributed by atoms with Gasteiger partial charge in [-0.25, -0.2) is 0 Å². The second kappa shape index (κ2) is 2.55. The Kier molecular flexibility index (Phi) is 1.96. The third kappa shape index (κ3) is 1.26. The van der Waals surface area contributed by atoms with E-state index in [1.165, 1.54) is 0 Å².